The number of aliphatic hydroxyl groups is 1. The molecule has 7 rings (SSSR count). The summed E-state index contributed by atoms with van der Waals surface area (Å²) >= 11 is 0. The summed E-state index contributed by atoms with van der Waals surface area (Å²) in [6.07, 6.45) is 0.976. The number of hydrogen-bond acceptors (Lipinski definition) is 7. The molecule has 43 heavy (non-hydrogen) atoms. The van der Waals surface area contributed by atoms with Gasteiger partial charge in [-0.2, -0.15) is 0 Å². The van der Waals surface area contributed by atoms with Gasteiger partial charge in [0, 0.05) is 29.1 Å². The molecule has 1 amide bonds. The summed E-state index contributed by atoms with van der Waals surface area (Å²) in [7, 11) is 0. The number of halogens is 1. The van der Waals surface area contributed by atoms with Crippen molar-refractivity contribution in [1.29, 1.82) is 0 Å². The Balaban J connectivity index is 1.38. The Morgan fingerprint density at radius 1 is 1.19 bits per heavy atom. The monoisotopic (exact) mass is 583 g/mol. The molecule has 2 aromatic carbocycles. The Bertz CT molecular complexity index is 1890. The zero-order chi connectivity index (χ0) is 30.0. The van der Waals surface area contributed by atoms with Crippen molar-refractivity contribution in [3.05, 3.63) is 98.1 Å². The van der Waals surface area contributed by atoms with Gasteiger partial charge in [0.25, 0.3) is 5.56 Å². The summed E-state index contributed by atoms with van der Waals surface area (Å²) in [5.74, 6) is -1.22. The van der Waals surface area contributed by atoms with Crippen LogP contribution in [0.1, 0.15) is 65.6 Å². The molecule has 0 spiro atoms. The van der Waals surface area contributed by atoms with Gasteiger partial charge < -0.3 is 24.0 Å². The van der Waals surface area contributed by atoms with Gasteiger partial charge in [-0.25, -0.2) is 19.0 Å². The number of nitrogens with zero attached hydrogens (tertiary/aromatic N) is 3. The molecule has 5 heterocycles. The molecule has 3 aliphatic rings. The van der Waals surface area contributed by atoms with E-state index in [1.807, 2.05) is 30.3 Å². The summed E-state index contributed by atoms with van der Waals surface area (Å²) < 4.78 is 27.4. The molecule has 1 fully saturated rings. The fraction of sp³-hybridized carbons (Fsp3) is 0.333. The standard InChI is InChI=1S/C33H30FN3O6/c1-3-33(41)23-13-27-29-21(15-37(27)30(38)22(23)17-42-31(33)39)28(20-12-18(2)24(34)14-25(20)35-29)26-10-7-11-36(26)32(40)43-16-19-8-5-4-6-9-19/h4-6,8-9,12-14,26,41H,3,7,10-11,15-17H2,1-2H3/t26-,33-/m0/s1. The van der Waals surface area contributed by atoms with Crippen LogP contribution in [0.2, 0.25) is 0 Å². The Hall–Kier alpha value is -4.57. The lowest BCUT2D eigenvalue weighted by Gasteiger charge is -2.31. The maximum absolute atomic E-state index is 14.9. The van der Waals surface area contributed by atoms with E-state index in [0.717, 1.165) is 23.1 Å². The second-order valence-corrected chi connectivity index (χ2v) is 11.5. The number of likely N-dealkylation sites (tertiary alicyclic amines) is 1. The highest BCUT2D eigenvalue weighted by atomic mass is 19.1. The van der Waals surface area contributed by atoms with Crippen molar-refractivity contribution in [3.63, 3.8) is 0 Å². The van der Waals surface area contributed by atoms with E-state index in [4.69, 9.17) is 14.5 Å². The number of ether oxygens (including phenoxy) is 2. The molecule has 0 unspecified atom stereocenters. The molecule has 10 heteroatoms. The van der Waals surface area contributed by atoms with Gasteiger partial charge >= 0.3 is 12.1 Å². The predicted octanol–water partition coefficient (Wildman–Crippen LogP) is 5.00. The summed E-state index contributed by atoms with van der Waals surface area (Å²) in [6.45, 7) is 3.89. The number of rotatable bonds is 4. The van der Waals surface area contributed by atoms with Crippen molar-refractivity contribution < 1.29 is 28.6 Å². The molecule has 0 radical (unpaired) electrons. The average molecular weight is 584 g/mol. The van der Waals surface area contributed by atoms with Gasteiger partial charge in [0.2, 0.25) is 0 Å². The molecule has 0 aliphatic carbocycles. The summed E-state index contributed by atoms with van der Waals surface area (Å²) in [4.78, 5) is 46.4. The van der Waals surface area contributed by atoms with E-state index in [-0.39, 0.29) is 48.9 Å². The lowest BCUT2D eigenvalue weighted by molar-refractivity contribution is -0.172. The Labute approximate surface area is 246 Å². The highest BCUT2D eigenvalue weighted by Crippen LogP contribution is 2.45. The van der Waals surface area contributed by atoms with Crippen LogP contribution in [0.25, 0.3) is 22.3 Å². The van der Waals surface area contributed by atoms with Crippen LogP contribution in [-0.2, 0) is 39.6 Å². The molecule has 220 valence electrons. The topological polar surface area (TPSA) is 111 Å². The minimum Gasteiger partial charge on any atom is -0.458 e. The summed E-state index contributed by atoms with van der Waals surface area (Å²) in [6, 6.07) is 13.8. The number of pyridine rings is 2. The van der Waals surface area contributed by atoms with Gasteiger partial charge in [0.05, 0.1) is 35.1 Å². The molecule has 0 bridgehead atoms. The third kappa shape index (κ3) is 4.15. The van der Waals surface area contributed by atoms with E-state index in [9.17, 15) is 23.9 Å². The average Bonchev–Trinajstić information content (AvgIpc) is 3.64. The molecule has 3 aliphatic heterocycles. The number of aryl methyl sites for hydroxylation is 1. The Morgan fingerprint density at radius 2 is 1.98 bits per heavy atom. The number of carbonyl (C=O) groups excluding carboxylic acids is 2. The first kappa shape index (κ1) is 27.3. The minimum absolute atomic E-state index is 0.0254. The first-order valence-electron chi connectivity index (χ1n) is 14.5. The molecule has 1 saturated heterocycles. The molecule has 0 saturated carbocycles. The number of carbonyl (C=O) groups is 2. The first-order chi connectivity index (χ1) is 20.7. The van der Waals surface area contributed by atoms with Gasteiger partial charge in [-0.05, 0) is 55.0 Å². The second-order valence-electron chi connectivity index (χ2n) is 11.5. The summed E-state index contributed by atoms with van der Waals surface area (Å²) in [5, 5.41) is 12.0. The first-order valence-corrected chi connectivity index (χ1v) is 14.5. The normalized spacial score (nSPS) is 20.5. The molecule has 2 aromatic heterocycles. The van der Waals surface area contributed by atoms with Gasteiger partial charge in [0.1, 0.15) is 19.0 Å². The van der Waals surface area contributed by atoms with Gasteiger partial charge in [-0.3, -0.25) is 4.79 Å². The number of esters is 1. The van der Waals surface area contributed by atoms with Crippen LogP contribution in [0.3, 0.4) is 0 Å². The van der Waals surface area contributed by atoms with Gasteiger partial charge in [0.15, 0.2) is 5.60 Å². The van der Waals surface area contributed by atoms with Crippen molar-refractivity contribution in [1.82, 2.24) is 14.5 Å². The van der Waals surface area contributed by atoms with Crippen molar-refractivity contribution in [3.8, 4) is 11.4 Å². The number of fused-ring (bicyclic) bond motifs is 5. The predicted molar refractivity (Wildman–Crippen MR) is 155 cm³/mol. The highest BCUT2D eigenvalue weighted by Gasteiger charge is 2.46. The van der Waals surface area contributed by atoms with Crippen molar-refractivity contribution in [2.24, 2.45) is 0 Å². The third-order valence-corrected chi connectivity index (χ3v) is 9.04. The van der Waals surface area contributed by atoms with E-state index >= 15 is 0 Å². The molecular weight excluding hydrogens is 553 g/mol. The summed E-state index contributed by atoms with van der Waals surface area (Å²) in [5.41, 5.74) is 2.25. The molecular formula is C33H30FN3O6. The van der Waals surface area contributed by atoms with Crippen LogP contribution < -0.4 is 5.56 Å². The number of amides is 1. The lowest BCUT2D eigenvalue weighted by atomic mass is 9.86. The SMILES string of the molecule is CC[C@@]1(O)C(=O)OCc2c1cc1n(c2=O)Cc2c-1nc1cc(F)c(C)cc1c2[C@@H]1CCCN1C(=O)OCc1ccccc1. The van der Waals surface area contributed by atoms with Crippen molar-refractivity contribution in [2.75, 3.05) is 6.54 Å². The number of aromatic nitrogens is 2. The van der Waals surface area contributed by atoms with E-state index < -0.39 is 23.5 Å². The lowest BCUT2D eigenvalue weighted by Crippen LogP contribution is -2.44. The van der Waals surface area contributed by atoms with Crippen LogP contribution in [0.4, 0.5) is 9.18 Å². The van der Waals surface area contributed by atoms with Crippen LogP contribution in [0, 0.1) is 12.7 Å². The van der Waals surface area contributed by atoms with Crippen LogP contribution in [0.5, 0.6) is 0 Å². The number of cyclic esters (lactones) is 1. The van der Waals surface area contributed by atoms with Gasteiger partial charge in [-0.15, -0.1) is 0 Å². The molecule has 9 nitrogen and oxygen atoms in total. The highest BCUT2D eigenvalue weighted by molar-refractivity contribution is 5.90. The van der Waals surface area contributed by atoms with E-state index in [1.54, 1.807) is 35.4 Å². The van der Waals surface area contributed by atoms with Crippen LogP contribution >= 0.6 is 0 Å². The van der Waals surface area contributed by atoms with E-state index in [0.29, 0.717) is 40.8 Å². The van der Waals surface area contributed by atoms with E-state index in [1.165, 1.54) is 6.07 Å². The Kier molecular flexibility index (Phi) is 6.35. The fourth-order valence-corrected chi connectivity index (χ4v) is 6.71. The van der Waals surface area contributed by atoms with Crippen LogP contribution in [-0.4, -0.2) is 38.2 Å². The van der Waals surface area contributed by atoms with Crippen molar-refractivity contribution >= 4 is 23.0 Å². The minimum atomic E-state index is -1.96. The maximum atomic E-state index is 14.9. The second kappa shape index (κ2) is 10.0. The van der Waals surface area contributed by atoms with Crippen LogP contribution in [0.15, 0.2) is 53.3 Å². The quantitative estimate of drug-likeness (QED) is 0.297. The maximum Gasteiger partial charge on any atom is 0.410 e. The third-order valence-electron chi connectivity index (χ3n) is 9.04. The largest absolute Gasteiger partial charge is 0.458 e. The molecule has 4 aromatic rings. The van der Waals surface area contributed by atoms with E-state index in [2.05, 4.69) is 0 Å². The zero-order valence-corrected chi connectivity index (χ0v) is 23.9. The van der Waals surface area contributed by atoms with Gasteiger partial charge in [-0.1, -0.05) is 37.3 Å². The van der Waals surface area contributed by atoms with Crippen molar-refractivity contribution in [2.45, 2.75) is 64.5 Å². The number of hydrogen-bond donors (Lipinski definition) is 1. The smallest absolute Gasteiger partial charge is 0.410 e. The molecule has 1 N–H and O–H groups in total. The Morgan fingerprint density at radius 3 is 2.74 bits per heavy atom. The number of benzene rings is 2. The fourth-order valence-electron chi connectivity index (χ4n) is 6.71. The molecule has 2 atom stereocenters. The zero-order valence-electron chi connectivity index (χ0n) is 23.9.